The number of amides is 1. The van der Waals surface area contributed by atoms with Crippen LogP contribution in [0.3, 0.4) is 0 Å². The first-order valence-corrected chi connectivity index (χ1v) is 8.41. The summed E-state index contributed by atoms with van der Waals surface area (Å²) in [6.07, 6.45) is -0.870. The average molecular weight is 491 g/mol. The third kappa shape index (κ3) is 4.90. The van der Waals surface area contributed by atoms with Crippen LogP contribution in [0, 0.1) is 15.2 Å². The second kappa shape index (κ2) is 8.29. The number of rotatable bonds is 6. The number of carbonyl (C=O) groups is 3. The van der Waals surface area contributed by atoms with Crippen LogP contribution in [0.4, 0.5) is 8.78 Å². The Hall–Kier alpha value is -2.76. The quantitative estimate of drug-likeness (QED) is 0.461. The molecule has 0 aliphatic heterocycles. The fourth-order valence-electron chi connectivity index (χ4n) is 2.26. The summed E-state index contributed by atoms with van der Waals surface area (Å²) in [4.78, 5) is 34.2. The number of carboxylic acids is 2. The van der Waals surface area contributed by atoms with Crippen LogP contribution in [0.1, 0.15) is 16.8 Å². The fourth-order valence-corrected chi connectivity index (χ4v) is 2.89. The molecule has 1 unspecified atom stereocenters. The van der Waals surface area contributed by atoms with Crippen molar-refractivity contribution in [3.63, 3.8) is 0 Å². The number of hydrogen-bond donors (Lipinski definition) is 4. The number of benzene rings is 2. The Kier molecular flexibility index (Phi) is 6.31. The maximum absolute atomic E-state index is 14.0. The number of halogens is 3. The van der Waals surface area contributed by atoms with Crippen LogP contribution in [0.5, 0.6) is 5.75 Å². The van der Waals surface area contributed by atoms with Crippen LogP contribution in [-0.2, 0) is 9.59 Å². The SMILES string of the molecule is O=C(O)CC(NC(=O)c1cc(-c2ccc(F)cc2F)cc(I)c1O)C(=O)O. The van der Waals surface area contributed by atoms with Crippen molar-refractivity contribution in [2.75, 3.05) is 0 Å². The van der Waals surface area contributed by atoms with E-state index in [4.69, 9.17) is 10.2 Å². The van der Waals surface area contributed by atoms with E-state index < -0.39 is 47.7 Å². The van der Waals surface area contributed by atoms with Crippen molar-refractivity contribution in [3.8, 4) is 16.9 Å². The number of phenolic OH excluding ortho intramolecular Hbond substituents is 1. The highest BCUT2D eigenvalue weighted by Gasteiger charge is 2.26. The van der Waals surface area contributed by atoms with E-state index in [0.717, 1.165) is 18.2 Å². The van der Waals surface area contributed by atoms with Crippen LogP contribution in [0.15, 0.2) is 30.3 Å². The first-order valence-electron chi connectivity index (χ1n) is 7.33. The standard InChI is InChI=1S/C17H12F2INO6/c18-8-1-2-9(11(19)5-8)7-3-10(15(24)12(20)4-7)16(25)21-13(17(26)27)6-14(22)23/h1-5,13,24H,6H2,(H,21,25)(H,22,23)(H,26,27). The molecule has 10 heteroatoms. The molecule has 1 atom stereocenters. The summed E-state index contributed by atoms with van der Waals surface area (Å²) in [7, 11) is 0. The van der Waals surface area contributed by atoms with E-state index in [2.05, 4.69) is 0 Å². The van der Waals surface area contributed by atoms with E-state index in [1.54, 1.807) is 22.6 Å². The van der Waals surface area contributed by atoms with E-state index in [-0.39, 0.29) is 20.3 Å². The molecule has 1 amide bonds. The van der Waals surface area contributed by atoms with E-state index in [0.29, 0.717) is 6.07 Å². The van der Waals surface area contributed by atoms with Crippen LogP contribution in [-0.4, -0.2) is 39.2 Å². The lowest BCUT2D eigenvalue weighted by Gasteiger charge is -2.15. The van der Waals surface area contributed by atoms with Crippen molar-refractivity contribution in [3.05, 3.63) is 51.1 Å². The first kappa shape index (κ1) is 20.6. The third-order valence-corrected chi connectivity index (χ3v) is 4.35. The minimum Gasteiger partial charge on any atom is -0.506 e. The Balaban J connectivity index is 2.44. The van der Waals surface area contributed by atoms with Crippen LogP contribution in [0.25, 0.3) is 11.1 Å². The number of carbonyl (C=O) groups excluding carboxylic acids is 1. The number of aliphatic carboxylic acids is 2. The molecule has 4 N–H and O–H groups in total. The normalized spacial score (nSPS) is 11.7. The summed E-state index contributed by atoms with van der Waals surface area (Å²) in [5.41, 5.74) is -0.272. The first-order chi connectivity index (χ1) is 12.6. The van der Waals surface area contributed by atoms with E-state index in [9.17, 15) is 28.3 Å². The monoisotopic (exact) mass is 491 g/mol. The zero-order valence-corrected chi connectivity index (χ0v) is 15.5. The molecule has 0 spiro atoms. The zero-order valence-electron chi connectivity index (χ0n) is 13.4. The maximum atomic E-state index is 14.0. The molecule has 0 aromatic heterocycles. The summed E-state index contributed by atoms with van der Waals surface area (Å²) in [6, 6.07) is 3.56. The van der Waals surface area contributed by atoms with Gasteiger partial charge in [0.15, 0.2) is 0 Å². The van der Waals surface area contributed by atoms with Gasteiger partial charge in [-0.15, -0.1) is 0 Å². The summed E-state index contributed by atoms with van der Waals surface area (Å²) in [6.45, 7) is 0. The molecule has 7 nitrogen and oxygen atoms in total. The molecule has 0 radical (unpaired) electrons. The summed E-state index contributed by atoms with van der Waals surface area (Å²) >= 11 is 1.68. The van der Waals surface area contributed by atoms with Crippen molar-refractivity contribution < 1.29 is 38.5 Å². The van der Waals surface area contributed by atoms with Crippen LogP contribution >= 0.6 is 22.6 Å². The van der Waals surface area contributed by atoms with E-state index in [1.807, 2.05) is 5.32 Å². The molecule has 27 heavy (non-hydrogen) atoms. The molecular formula is C17H12F2INO6. The number of nitrogens with one attached hydrogen (secondary N) is 1. The highest BCUT2D eigenvalue weighted by Crippen LogP contribution is 2.32. The van der Waals surface area contributed by atoms with Crippen LogP contribution < -0.4 is 5.32 Å². The van der Waals surface area contributed by atoms with Gasteiger partial charge in [-0.25, -0.2) is 13.6 Å². The molecule has 0 aliphatic carbocycles. The maximum Gasteiger partial charge on any atom is 0.326 e. The fraction of sp³-hybridized carbons (Fsp3) is 0.118. The van der Waals surface area contributed by atoms with Crippen molar-refractivity contribution in [2.24, 2.45) is 0 Å². The van der Waals surface area contributed by atoms with Gasteiger partial charge in [-0.2, -0.15) is 0 Å². The molecule has 2 aromatic rings. The molecule has 0 saturated heterocycles. The molecular weight excluding hydrogens is 479 g/mol. The molecule has 0 bridgehead atoms. The Morgan fingerprint density at radius 1 is 1.11 bits per heavy atom. The number of phenols is 1. The van der Waals surface area contributed by atoms with Gasteiger partial charge in [0.25, 0.3) is 5.91 Å². The highest BCUT2D eigenvalue weighted by atomic mass is 127. The third-order valence-electron chi connectivity index (χ3n) is 3.53. The predicted molar refractivity (Wildman–Crippen MR) is 97.3 cm³/mol. The second-order valence-electron chi connectivity index (χ2n) is 5.44. The Bertz CT molecular complexity index is 934. The van der Waals surface area contributed by atoms with E-state index in [1.165, 1.54) is 6.07 Å². The largest absolute Gasteiger partial charge is 0.506 e. The number of carboxylic acid groups (broad SMARTS) is 2. The molecule has 2 aromatic carbocycles. The zero-order chi connectivity index (χ0) is 20.3. The van der Waals surface area contributed by atoms with Crippen molar-refractivity contribution in [2.45, 2.75) is 12.5 Å². The van der Waals surface area contributed by atoms with E-state index >= 15 is 0 Å². The molecule has 0 heterocycles. The van der Waals surface area contributed by atoms with Gasteiger partial charge in [0.1, 0.15) is 23.4 Å². The van der Waals surface area contributed by atoms with Gasteiger partial charge >= 0.3 is 11.9 Å². The molecule has 2 rings (SSSR count). The Labute approximate surface area is 164 Å². The lowest BCUT2D eigenvalue weighted by atomic mass is 10.0. The molecule has 142 valence electrons. The van der Waals surface area contributed by atoms with Crippen molar-refractivity contribution in [1.82, 2.24) is 5.32 Å². The summed E-state index contributed by atoms with van der Waals surface area (Å²) in [5, 5.41) is 29.8. The predicted octanol–water partition coefficient (Wildman–Crippen LogP) is 2.60. The minimum atomic E-state index is -1.72. The molecule has 0 saturated carbocycles. The summed E-state index contributed by atoms with van der Waals surface area (Å²) < 4.78 is 27.3. The van der Waals surface area contributed by atoms with Gasteiger partial charge < -0.3 is 20.6 Å². The van der Waals surface area contributed by atoms with Crippen molar-refractivity contribution >= 4 is 40.4 Å². The van der Waals surface area contributed by atoms with Crippen LogP contribution in [0.2, 0.25) is 0 Å². The van der Waals surface area contributed by atoms with Gasteiger partial charge in [-0.05, 0) is 52.4 Å². The van der Waals surface area contributed by atoms with Gasteiger partial charge in [0, 0.05) is 11.6 Å². The lowest BCUT2D eigenvalue weighted by Crippen LogP contribution is -2.42. The molecule has 0 aliphatic rings. The number of hydrogen-bond acceptors (Lipinski definition) is 4. The highest BCUT2D eigenvalue weighted by molar-refractivity contribution is 14.1. The lowest BCUT2D eigenvalue weighted by molar-refractivity contribution is -0.145. The van der Waals surface area contributed by atoms with Gasteiger partial charge in [-0.1, -0.05) is 0 Å². The Morgan fingerprint density at radius 2 is 1.78 bits per heavy atom. The average Bonchev–Trinajstić information content (AvgIpc) is 2.56. The Morgan fingerprint density at radius 3 is 2.33 bits per heavy atom. The minimum absolute atomic E-state index is 0.0383. The number of aromatic hydroxyl groups is 1. The van der Waals surface area contributed by atoms with Gasteiger partial charge in [0.05, 0.1) is 15.6 Å². The summed E-state index contributed by atoms with van der Waals surface area (Å²) in [5.74, 6) is -6.23. The van der Waals surface area contributed by atoms with Gasteiger partial charge in [-0.3, -0.25) is 9.59 Å². The molecule has 0 fully saturated rings. The topological polar surface area (TPSA) is 124 Å². The smallest absolute Gasteiger partial charge is 0.326 e. The van der Waals surface area contributed by atoms with Gasteiger partial charge in [0.2, 0.25) is 0 Å². The second-order valence-corrected chi connectivity index (χ2v) is 6.60. The van der Waals surface area contributed by atoms with Crippen molar-refractivity contribution in [1.29, 1.82) is 0 Å².